The Bertz CT molecular complexity index is 1220. The van der Waals surface area contributed by atoms with Crippen LogP contribution in [0.5, 0.6) is 0 Å². The molecule has 0 spiro atoms. The number of anilines is 1. The summed E-state index contributed by atoms with van der Waals surface area (Å²) in [7, 11) is 0. The molecule has 5 unspecified atom stereocenters. The van der Waals surface area contributed by atoms with Crippen LogP contribution in [0.3, 0.4) is 0 Å². The number of fused-ring (bicyclic) bond motifs is 1. The van der Waals surface area contributed by atoms with Gasteiger partial charge in [-0.3, -0.25) is 19.2 Å². The first-order valence-electron chi connectivity index (χ1n) is 14.4. The fourth-order valence-corrected chi connectivity index (χ4v) is 6.93. The van der Waals surface area contributed by atoms with Crippen molar-refractivity contribution in [2.24, 2.45) is 11.8 Å². The van der Waals surface area contributed by atoms with E-state index >= 15 is 0 Å². The van der Waals surface area contributed by atoms with Crippen LogP contribution in [0.2, 0.25) is 0 Å². The van der Waals surface area contributed by atoms with Gasteiger partial charge in [0.2, 0.25) is 17.7 Å². The molecule has 216 valence electrons. The average molecular weight is 559 g/mol. The third kappa shape index (κ3) is 5.20. The average Bonchev–Trinajstić information content (AvgIpc) is 3.71. The number of ether oxygens (including phenoxy) is 1. The van der Waals surface area contributed by atoms with Crippen LogP contribution in [0.25, 0.3) is 0 Å². The number of rotatable bonds is 5. The van der Waals surface area contributed by atoms with Gasteiger partial charge in [0, 0.05) is 38.9 Å². The molecule has 11 heteroatoms. The molecule has 6 atom stereocenters. The summed E-state index contributed by atoms with van der Waals surface area (Å²) in [4.78, 5) is 56.1. The lowest BCUT2D eigenvalue weighted by atomic mass is 9.71. The van der Waals surface area contributed by atoms with E-state index in [2.05, 4.69) is 10.6 Å². The molecule has 3 aliphatic heterocycles. The maximum Gasteiger partial charge on any atom is 0.256 e. The van der Waals surface area contributed by atoms with E-state index in [9.17, 15) is 28.0 Å². The standard InChI is InChI=1S/C29H36F2N4O5/c1-15-8-19(16-2-3-16)27(22(9-15)29(39)34-4-6-40-7-5-34)35-14-18(12-25(35)37)32-28(38)21-13-24(36)33-26-20(21)10-17(30)11-23(26)31/h8-9,16-18,20-21,23,26H,2-7,10-14H2,1H3,(H,32,38)(H,33,36)/t17?,18-,20?,21?,23?,26?/m1/s1. The molecule has 5 fully saturated rings. The first kappa shape index (κ1) is 27.1. The van der Waals surface area contributed by atoms with Crippen molar-refractivity contribution in [1.29, 1.82) is 0 Å². The Morgan fingerprint density at radius 1 is 1.07 bits per heavy atom. The molecule has 40 heavy (non-hydrogen) atoms. The number of benzene rings is 1. The number of nitrogens with one attached hydrogen (secondary N) is 2. The summed E-state index contributed by atoms with van der Waals surface area (Å²) in [5, 5.41) is 5.52. The molecule has 2 saturated carbocycles. The zero-order valence-electron chi connectivity index (χ0n) is 22.7. The van der Waals surface area contributed by atoms with Crippen LogP contribution >= 0.6 is 0 Å². The van der Waals surface area contributed by atoms with E-state index in [1.807, 2.05) is 19.1 Å². The summed E-state index contributed by atoms with van der Waals surface area (Å²) in [6.45, 7) is 4.02. The van der Waals surface area contributed by atoms with Crippen molar-refractivity contribution in [1.82, 2.24) is 15.5 Å². The predicted molar refractivity (Wildman–Crippen MR) is 141 cm³/mol. The highest BCUT2D eigenvalue weighted by molar-refractivity contribution is 6.07. The SMILES string of the molecule is Cc1cc(C(=O)N2CCOCC2)c(N2C[C@H](NC(=O)C3CC(=O)NC4C(F)CC(F)CC34)CC2=O)c(C2CC2)c1. The van der Waals surface area contributed by atoms with Crippen molar-refractivity contribution in [3.63, 3.8) is 0 Å². The minimum Gasteiger partial charge on any atom is -0.378 e. The van der Waals surface area contributed by atoms with Gasteiger partial charge < -0.3 is 25.2 Å². The number of carbonyl (C=O) groups is 4. The Hall–Kier alpha value is -3.08. The minimum atomic E-state index is -1.54. The van der Waals surface area contributed by atoms with E-state index in [-0.39, 0.29) is 50.0 Å². The van der Waals surface area contributed by atoms with Gasteiger partial charge in [0.1, 0.15) is 12.3 Å². The van der Waals surface area contributed by atoms with Crippen LogP contribution in [0.1, 0.15) is 65.9 Å². The predicted octanol–water partition coefficient (Wildman–Crippen LogP) is 2.16. The van der Waals surface area contributed by atoms with Crippen molar-refractivity contribution in [2.45, 2.75) is 75.8 Å². The number of halogens is 2. The van der Waals surface area contributed by atoms with Gasteiger partial charge in [0.25, 0.3) is 5.91 Å². The van der Waals surface area contributed by atoms with Gasteiger partial charge in [-0.2, -0.15) is 0 Å². The molecule has 0 bridgehead atoms. The molecular formula is C29H36F2N4O5. The first-order chi connectivity index (χ1) is 19.2. The molecule has 1 aromatic carbocycles. The van der Waals surface area contributed by atoms with Crippen molar-refractivity contribution in [3.05, 3.63) is 28.8 Å². The Morgan fingerprint density at radius 3 is 2.55 bits per heavy atom. The summed E-state index contributed by atoms with van der Waals surface area (Å²) in [5.74, 6) is -2.44. The zero-order chi connectivity index (χ0) is 28.1. The van der Waals surface area contributed by atoms with Crippen LogP contribution in [-0.2, 0) is 19.1 Å². The van der Waals surface area contributed by atoms with Gasteiger partial charge in [-0.25, -0.2) is 8.78 Å². The van der Waals surface area contributed by atoms with E-state index in [0.29, 0.717) is 37.6 Å². The van der Waals surface area contributed by atoms with Gasteiger partial charge >= 0.3 is 0 Å². The lowest BCUT2D eigenvalue weighted by Crippen LogP contribution is -2.60. The second-order valence-corrected chi connectivity index (χ2v) is 12.0. The summed E-state index contributed by atoms with van der Waals surface area (Å²) in [5.41, 5.74) is 3.04. The second-order valence-electron chi connectivity index (χ2n) is 12.0. The summed E-state index contributed by atoms with van der Waals surface area (Å²) < 4.78 is 34.2. The highest BCUT2D eigenvalue weighted by atomic mass is 19.1. The van der Waals surface area contributed by atoms with Crippen molar-refractivity contribution in [3.8, 4) is 0 Å². The monoisotopic (exact) mass is 558 g/mol. The molecule has 0 radical (unpaired) electrons. The summed E-state index contributed by atoms with van der Waals surface area (Å²) >= 11 is 0. The van der Waals surface area contributed by atoms with Crippen LogP contribution in [-0.4, -0.2) is 85.8 Å². The van der Waals surface area contributed by atoms with Crippen LogP contribution < -0.4 is 15.5 Å². The number of carbonyl (C=O) groups excluding carboxylic acids is 4. The third-order valence-corrected chi connectivity index (χ3v) is 9.02. The minimum absolute atomic E-state index is 0.0142. The molecule has 5 aliphatic rings. The van der Waals surface area contributed by atoms with Crippen LogP contribution in [0, 0.1) is 18.8 Å². The smallest absolute Gasteiger partial charge is 0.256 e. The molecule has 9 nitrogen and oxygen atoms in total. The highest BCUT2D eigenvalue weighted by Gasteiger charge is 2.49. The number of hydrogen-bond acceptors (Lipinski definition) is 5. The zero-order valence-corrected chi connectivity index (χ0v) is 22.7. The number of piperidine rings is 1. The third-order valence-electron chi connectivity index (χ3n) is 9.02. The molecule has 3 heterocycles. The largest absolute Gasteiger partial charge is 0.378 e. The number of hydrogen-bond donors (Lipinski definition) is 2. The first-order valence-corrected chi connectivity index (χ1v) is 14.4. The number of nitrogens with zero attached hydrogens (tertiary/aromatic N) is 2. The molecule has 1 aromatic rings. The maximum atomic E-state index is 14.6. The Balaban J connectivity index is 1.23. The maximum absolute atomic E-state index is 14.6. The number of aryl methyl sites for hydroxylation is 1. The van der Waals surface area contributed by atoms with Gasteiger partial charge in [-0.15, -0.1) is 0 Å². The molecule has 3 saturated heterocycles. The van der Waals surface area contributed by atoms with E-state index < -0.39 is 48.1 Å². The fraction of sp³-hybridized carbons (Fsp3) is 0.655. The van der Waals surface area contributed by atoms with Crippen molar-refractivity contribution < 1.29 is 32.7 Å². The lowest BCUT2D eigenvalue weighted by Gasteiger charge is -2.43. The molecule has 6 rings (SSSR count). The topological polar surface area (TPSA) is 108 Å². The summed E-state index contributed by atoms with van der Waals surface area (Å²) in [6, 6.07) is 2.46. The normalized spacial score (nSPS) is 32.5. The van der Waals surface area contributed by atoms with Gasteiger partial charge in [0.15, 0.2) is 0 Å². The Labute approximate surface area is 232 Å². The fourth-order valence-electron chi connectivity index (χ4n) is 6.93. The molecular weight excluding hydrogens is 522 g/mol. The van der Waals surface area contributed by atoms with E-state index in [0.717, 1.165) is 24.0 Å². The molecule has 0 aromatic heterocycles. The Morgan fingerprint density at radius 2 is 1.82 bits per heavy atom. The van der Waals surface area contributed by atoms with Crippen LogP contribution in [0.15, 0.2) is 12.1 Å². The van der Waals surface area contributed by atoms with E-state index in [4.69, 9.17) is 4.74 Å². The Kier molecular flexibility index (Phi) is 7.27. The lowest BCUT2D eigenvalue weighted by molar-refractivity contribution is -0.140. The van der Waals surface area contributed by atoms with Gasteiger partial charge in [-0.1, -0.05) is 6.07 Å². The van der Waals surface area contributed by atoms with Gasteiger partial charge in [0.05, 0.1) is 42.5 Å². The highest BCUT2D eigenvalue weighted by Crippen LogP contribution is 2.47. The van der Waals surface area contributed by atoms with Crippen molar-refractivity contribution in [2.75, 3.05) is 37.7 Å². The van der Waals surface area contributed by atoms with E-state index in [1.165, 1.54) is 0 Å². The second kappa shape index (κ2) is 10.7. The number of alkyl halides is 2. The molecule has 2 N–H and O–H groups in total. The van der Waals surface area contributed by atoms with Crippen molar-refractivity contribution >= 4 is 29.3 Å². The van der Waals surface area contributed by atoms with Gasteiger partial charge in [-0.05, 0) is 55.2 Å². The van der Waals surface area contributed by atoms with E-state index in [1.54, 1.807) is 9.80 Å². The number of morpholine rings is 1. The quantitative estimate of drug-likeness (QED) is 0.576. The molecule has 2 aliphatic carbocycles. The van der Waals surface area contributed by atoms with Crippen LogP contribution in [0.4, 0.5) is 14.5 Å². The summed E-state index contributed by atoms with van der Waals surface area (Å²) in [6.07, 6.45) is -1.30. The number of amides is 4. The molecule has 4 amide bonds.